The average molecular weight is 342 g/mol. The van der Waals surface area contributed by atoms with Crippen molar-refractivity contribution in [1.82, 2.24) is 4.57 Å². The van der Waals surface area contributed by atoms with E-state index in [1.807, 2.05) is 60.7 Å². The van der Waals surface area contributed by atoms with Crippen LogP contribution in [0.3, 0.4) is 0 Å². The van der Waals surface area contributed by atoms with Crippen molar-refractivity contribution in [3.63, 3.8) is 0 Å². The molecule has 0 fully saturated rings. The van der Waals surface area contributed by atoms with Crippen LogP contribution < -0.4 is 11.3 Å². The third kappa shape index (κ3) is 2.93. The molecule has 26 heavy (non-hydrogen) atoms. The summed E-state index contributed by atoms with van der Waals surface area (Å²) < 4.78 is 1.67. The number of nitrogens with two attached hydrogens (primary N) is 1. The summed E-state index contributed by atoms with van der Waals surface area (Å²) >= 11 is 0. The average Bonchev–Trinajstić information content (AvgIpc) is 2.66. The Morgan fingerprint density at radius 3 is 2.35 bits per heavy atom. The number of anilines is 1. The topological polar surface area (TPSA) is 68.2 Å². The first-order valence-corrected chi connectivity index (χ1v) is 8.38. The fraction of sp³-hybridized carbons (Fsp3) is 0.0455. The van der Waals surface area contributed by atoms with Crippen molar-refractivity contribution in [1.29, 1.82) is 0 Å². The second-order valence-corrected chi connectivity index (χ2v) is 6.29. The molecule has 4 heteroatoms. The van der Waals surface area contributed by atoms with Crippen LogP contribution in [0.4, 0.5) is 5.69 Å². The highest BCUT2D eigenvalue weighted by molar-refractivity contribution is 5.95. The monoisotopic (exact) mass is 342 g/mol. The maximum Gasteiger partial charge on any atom is 0.251 e. The first-order chi connectivity index (χ1) is 12.6. The molecule has 1 aromatic heterocycles. The molecule has 0 aliphatic carbocycles. The summed E-state index contributed by atoms with van der Waals surface area (Å²) in [5, 5.41) is 10.9. The molecule has 0 atom stereocenters. The van der Waals surface area contributed by atoms with Gasteiger partial charge >= 0.3 is 0 Å². The van der Waals surface area contributed by atoms with Crippen LogP contribution in [0.5, 0.6) is 5.75 Å². The molecule has 0 unspecified atom stereocenters. The summed E-state index contributed by atoms with van der Waals surface area (Å²) in [7, 11) is 0. The largest absolute Gasteiger partial charge is 0.508 e. The highest BCUT2D eigenvalue weighted by Crippen LogP contribution is 2.29. The van der Waals surface area contributed by atoms with E-state index in [0.717, 1.165) is 22.1 Å². The third-order valence-electron chi connectivity index (χ3n) is 4.50. The standard InChI is InChI=1S/C22H18N2O2/c23-17-8-6-15(7-9-17)14-24-21-12-18(25)10-11-19(21)20(13-22(24)26)16-4-2-1-3-5-16/h1-13,25H,14,23H2. The molecule has 3 N–H and O–H groups in total. The number of nitrogen functional groups attached to an aromatic ring is 1. The first kappa shape index (κ1) is 16.0. The summed E-state index contributed by atoms with van der Waals surface area (Å²) in [4.78, 5) is 12.9. The predicted octanol–water partition coefficient (Wildman–Crippen LogP) is 4.00. The Hall–Kier alpha value is -3.53. The summed E-state index contributed by atoms with van der Waals surface area (Å²) in [6, 6.07) is 24.0. The number of aromatic hydroxyl groups is 1. The van der Waals surface area contributed by atoms with Gasteiger partial charge in [0.25, 0.3) is 5.56 Å². The molecule has 0 aliphatic heterocycles. The van der Waals surface area contributed by atoms with Gasteiger partial charge in [0.05, 0.1) is 12.1 Å². The van der Waals surface area contributed by atoms with Crippen molar-refractivity contribution in [3.05, 3.63) is 94.8 Å². The second-order valence-electron chi connectivity index (χ2n) is 6.29. The molecule has 0 saturated carbocycles. The van der Waals surface area contributed by atoms with Gasteiger partial charge in [0.15, 0.2) is 0 Å². The number of rotatable bonds is 3. The van der Waals surface area contributed by atoms with Crippen molar-refractivity contribution in [2.24, 2.45) is 0 Å². The number of nitrogens with zero attached hydrogens (tertiary/aromatic N) is 1. The molecule has 4 aromatic rings. The van der Waals surface area contributed by atoms with Crippen LogP contribution in [0.15, 0.2) is 83.7 Å². The molecule has 0 radical (unpaired) electrons. The Morgan fingerprint density at radius 1 is 0.885 bits per heavy atom. The van der Waals surface area contributed by atoms with Crippen LogP contribution in [0, 0.1) is 0 Å². The zero-order chi connectivity index (χ0) is 18.1. The molecule has 128 valence electrons. The Kier molecular flexibility index (Phi) is 3.93. The molecule has 0 bridgehead atoms. The van der Waals surface area contributed by atoms with Crippen molar-refractivity contribution >= 4 is 16.6 Å². The lowest BCUT2D eigenvalue weighted by molar-refractivity contribution is 0.476. The van der Waals surface area contributed by atoms with Gasteiger partial charge in [-0.25, -0.2) is 0 Å². The third-order valence-corrected chi connectivity index (χ3v) is 4.50. The molecule has 0 saturated heterocycles. The maximum absolute atomic E-state index is 12.9. The number of hydrogen-bond acceptors (Lipinski definition) is 3. The lowest BCUT2D eigenvalue weighted by Crippen LogP contribution is -2.20. The number of phenolic OH excluding ortho intramolecular Hbond substituents is 1. The Bertz CT molecular complexity index is 1130. The van der Waals surface area contributed by atoms with Crippen molar-refractivity contribution < 1.29 is 5.11 Å². The Labute approximate surface area is 150 Å². The molecule has 0 amide bonds. The molecule has 4 nitrogen and oxygen atoms in total. The van der Waals surface area contributed by atoms with E-state index in [2.05, 4.69) is 0 Å². The quantitative estimate of drug-likeness (QED) is 0.553. The van der Waals surface area contributed by atoms with Gasteiger partial charge < -0.3 is 15.4 Å². The number of pyridine rings is 1. The molecule has 4 rings (SSSR count). The summed E-state index contributed by atoms with van der Waals surface area (Å²) in [6.45, 7) is 0.411. The van der Waals surface area contributed by atoms with Crippen LogP contribution in [0.1, 0.15) is 5.56 Å². The predicted molar refractivity (Wildman–Crippen MR) is 105 cm³/mol. The van der Waals surface area contributed by atoms with E-state index in [1.54, 1.807) is 22.8 Å². The summed E-state index contributed by atoms with van der Waals surface area (Å²) in [5.74, 6) is 0.133. The van der Waals surface area contributed by atoms with Gasteiger partial charge in [0, 0.05) is 23.2 Å². The first-order valence-electron chi connectivity index (χ1n) is 8.38. The van der Waals surface area contributed by atoms with Gasteiger partial charge in [-0.2, -0.15) is 0 Å². The summed E-state index contributed by atoms with van der Waals surface area (Å²) in [6.07, 6.45) is 0. The molecular weight excluding hydrogens is 324 g/mol. The SMILES string of the molecule is Nc1ccc(Cn2c(=O)cc(-c3ccccc3)c3ccc(O)cc32)cc1. The lowest BCUT2D eigenvalue weighted by atomic mass is 10.0. The zero-order valence-electron chi connectivity index (χ0n) is 14.1. The van der Waals surface area contributed by atoms with Gasteiger partial charge in [-0.05, 0) is 41.0 Å². The van der Waals surface area contributed by atoms with Gasteiger partial charge in [-0.15, -0.1) is 0 Å². The number of benzene rings is 3. The van der Waals surface area contributed by atoms with Crippen LogP contribution in [-0.2, 0) is 6.54 Å². The van der Waals surface area contributed by atoms with Crippen LogP contribution >= 0.6 is 0 Å². The fourth-order valence-corrected chi connectivity index (χ4v) is 3.19. The van der Waals surface area contributed by atoms with E-state index in [-0.39, 0.29) is 11.3 Å². The number of hydrogen-bond donors (Lipinski definition) is 2. The molecule has 0 spiro atoms. The van der Waals surface area contributed by atoms with E-state index < -0.39 is 0 Å². The lowest BCUT2D eigenvalue weighted by Gasteiger charge is -2.14. The van der Waals surface area contributed by atoms with Crippen LogP contribution in [0.2, 0.25) is 0 Å². The minimum absolute atomic E-state index is 0.112. The minimum atomic E-state index is -0.112. The molecular formula is C22H18N2O2. The number of phenols is 1. The number of aromatic nitrogens is 1. The highest BCUT2D eigenvalue weighted by Gasteiger charge is 2.11. The van der Waals surface area contributed by atoms with Gasteiger partial charge in [-0.3, -0.25) is 4.79 Å². The van der Waals surface area contributed by atoms with Gasteiger partial charge in [-0.1, -0.05) is 42.5 Å². The van der Waals surface area contributed by atoms with E-state index in [4.69, 9.17) is 5.73 Å². The van der Waals surface area contributed by atoms with E-state index >= 15 is 0 Å². The van der Waals surface area contributed by atoms with Crippen molar-refractivity contribution in [2.75, 3.05) is 5.73 Å². The molecule has 0 aliphatic rings. The van der Waals surface area contributed by atoms with E-state index in [1.165, 1.54) is 0 Å². The van der Waals surface area contributed by atoms with Gasteiger partial charge in [0.2, 0.25) is 0 Å². The number of fused-ring (bicyclic) bond motifs is 1. The zero-order valence-corrected chi connectivity index (χ0v) is 14.1. The van der Waals surface area contributed by atoms with Crippen molar-refractivity contribution in [3.8, 4) is 16.9 Å². The fourth-order valence-electron chi connectivity index (χ4n) is 3.19. The highest BCUT2D eigenvalue weighted by atomic mass is 16.3. The summed E-state index contributed by atoms with van der Waals surface area (Å²) in [5.41, 5.74) is 9.82. The van der Waals surface area contributed by atoms with Crippen LogP contribution in [-0.4, -0.2) is 9.67 Å². The molecule has 3 aromatic carbocycles. The maximum atomic E-state index is 12.9. The Balaban J connectivity index is 1.94. The van der Waals surface area contributed by atoms with E-state index in [0.29, 0.717) is 17.7 Å². The van der Waals surface area contributed by atoms with Crippen LogP contribution in [0.25, 0.3) is 22.0 Å². The van der Waals surface area contributed by atoms with Gasteiger partial charge in [0.1, 0.15) is 5.75 Å². The minimum Gasteiger partial charge on any atom is -0.508 e. The second kappa shape index (κ2) is 6.41. The van der Waals surface area contributed by atoms with E-state index in [9.17, 15) is 9.90 Å². The van der Waals surface area contributed by atoms with Crippen molar-refractivity contribution in [2.45, 2.75) is 6.54 Å². The molecule has 1 heterocycles. The smallest absolute Gasteiger partial charge is 0.251 e. The normalized spacial score (nSPS) is 10.9. The Morgan fingerprint density at radius 2 is 1.62 bits per heavy atom.